The molecule has 0 aliphatic carbocycles. The van der Waals surface area contributed by atoms with Gasteiger partial charge in [0.25, 0.3) is 5.69 Å². The normalized spacial score (nSPS) is 12.0. The van der Waals surface area contributed by atoms with E-state index >= 15 is 0 Å². The number of ether oxygens (including phenoxy) is 1. The molecule has 0 atom stereocenters. The quantitative estimate of drug-likeness (QED) is 0.300. The largest absolute Gasteiger partial charge is 0.497 e. The zero-order chi connectivity index (χ0) is 23.7. The second-order valence-electron chi connectivity index (χ2n) is 9.36. The van der Waals surface area contributed by atoms with Crippen molar-refractivity contribution >= 4 is 33.5 Å². The molecule has 0 N–H and O–H groups in total. The van der Waals surface area contributed by atoms with Crippen LogP contribution in [-0.2, 0) is 10.8 Å². The van der Waals surface area contributed by atoms with Crippen LogP contribution in [0.15, 0.2) is 40.6 Å². The molecule has 8 heteroatoms. The maximum atomic E-state index is 7.79. The van der Waals surface area contributed by atoms with E-state index in [1.165, 1.54) is 24.0 Å². The fourth-order valence-electron chi connectivity index (χ4n) is 3.10. The molecular weight excluding hydrogens is 420 g/mol. The van der Waals surface area contributed by atoms with E-state index < -0.39 is 0 Å². The fourth-order valence-corrected chi connectivity index (χ4v) is 3.84. The number of rotatable bonds is 4. The topological polar surface area (TPSA) is 60.5 Å². The lowest BCUT2D eigenvalue weighted by Gasteiger charge is -2.19. The van der Waals surface area contributed by atoms with Crippen LogP contribution in [0.4, 0.5) is 22.2 Å². The van der Waals surface area contributed by atoms with Gasteiger partial charge < -0.3 is 4.74 Å². The average Bonchev–Trinajstić information content (AvgIpc) is 3.32. The lowest BCUT2D eigenvalue weighted by atomic mass is 9.87. The van der Waals surface area contributed by atoms with Crippen LogP contribution in [0.5, 0.6) is 5.06 Å². The van der Waals surface area contributed by atoms with Crippen molar-refractivity contribution in [1.29, 1.82) is 0 Å². The number of aromatic nitrogens is 2. The summed E-state index contributed by atoms with van der Waals surface area (Å²) >= 11 is 1.23. The molecule has 0 bridgehead atoms. The van der Waals surface area contributed by atoms with Gasteiger partial charge in [0.1, 0.15) is 5.00 Å². The minimum atomic E-state index is -0.343. The molecule has 0 amide bonds. The first-order chi connectivity index (χ1) is 15.0. The van der Waals surface area contributed by atoms with Crippen molar-refractivity contribution < 1.29 is 4.74 Å². The van der Waals surface area contributed by atoms with E-state index in [-0.39, 0.29) is 10.8 Å². The van der Waals surface area contributed by atoms with Crippen molar-refractivity contribution in [1.82, 2.24) is 9.78 Å². The first-order valence-electron chi connectivity index (χ1n) is 10.1. The van der Waals surface area contributed by atoms with Crippen LogP contribution in [0.2, 0.25) is 0 Å². The minimum absolute atomic E-state index is 0.0300. The molecule has 0 aliphatic heterocycles. The van der Waals surface area contributed by atoms with Gasteiger partial charge in [-0.2, -0.15) is 5.10 Å². The lowest BCUT2D eigenvalue weighted by Crippen LogP contribution is -2.13. The SMILES string of the molecule is [C-]#[N+]c1cc(N=Nc2c([N+]#[C-])c(C(C)(C)C)nn2-c2ccc(C(C)(C)C)cc2)sc1OC. The number of azo groups is 1. The molecule has 1 aromatic carbocycles. The summed E-state index contributed by atoms with van der Waals surface area (Å²) in [5.41, 5.74) is 3.11. The monoisotopic (exact) mass is 446 g/mol. The van der Waals surface area contributed by atoms with E-state index in [1.807, 2.05) is 32.9 Å². The van der Waals surface area contributed by atoms with Crippen molar-refractivity contribution in [3.63, 3.8) is 0 Å². The van der Waals surface area contributed by atoms with Gasteiger partial charge in [0.05, 0.1) is 31.6 Å². The Labute approximate surface area is 193 Å². The Balaban J connectivity index is 2.16. The molecule has 3 aromatic rings. The zero-order valence-electron chi connectivity index (χ0n) is 19.4. The molecule has 0 fully saturated rings. The second-order valence-corrected chi connectivity index (χ2v) is 10.4. The summed E-state index contributed by atoms with van der Waals surface area (Å²) in [6.07, 6.45) is 0. The summed E-state index contributed by atoms with van der Waals surface area (Å²) < 4.78 is 6.90. The maximum absolute atomic E-state index is 7.79. The number of hydrogen-bond acceptors (Lipinski definition) is 5. The molecule has 2 aromatic heterocycles. The van der Waals surface area contributed by atoms with E-state index in [9.17, 15) is 0 Å². The highest BCUT2D eigenvalue weighted by Crippen LogP contribution is 2.44. The summed E-state index contributed by atoms with van der Waals surface area (Å²) in [7, 11) is 1.52. The molecule has 0 saturated carbocycles. The van der Waals surface area contributed by atoms with Gasteiger partial charge in [-0.15, -0.1) is 10.2 Å². The Hall–Kier alpha value is -3.49. The van der Waals surface area contributed by atoms with Crippen LogP contribution in [0.25, 0.3) is 15.4 Å². The summed E-state index contributed by atoms with van der Waals surface area (Å²) in [5.74, 6) is 0.366. The number of thiophene rings is 1. The summed E-state index contributed by atoms with van der Waals surface area (Å²) in [6, 6.07) is 9.73. The molecule has 0 unspecified atom stereocenters. The van der Waals surface area contributed by atoms with Crippen molar-refractivity contribution in [2.75, 3.05) is 7.11 Å². The summed E-state index contributed by atoms with van der Waals surface area (Å²) in [6.45, 7) is 27.6. The van der Waals surface area contributed by atoms with E-state index in [1.54, 1.807) is 10.7 Å². The summed E-state index contributed by atoms with van der Waals surface area (Å²) in [4.78, 5) is 7.20. The van der Waals surface area contributed by atoms with Crippen LogP contribution in [0.1, 0.15) is 52.8 Å². The highest BCUT2D eigenvalue weighted by atomic mass is 32.1. The number of nitrogens with zero attached hydrogens (tertiary/aromatic N) is 6. The highest BCUT2D eigenvalue weighted by molar-refractivity contribution is 7.18. The Morgan fingerprint density at radius 3 is 2.09 bits per heavy atom. The second kappa shape index (κ2) is 8.57. The fraction of sp³-hybridized carbons (Fsp3) is 0.375. The van der Waals surface area contributed by atoms with Crippen LogP contribution in [0.3, 0.4) is 0 Å². The standard InChI is InChI=1S/C24H26N6OS/c1-23(2,3)15-10-12-16(13-11-15)30-21(19(26-8)20(29-30)24(4,5)6)28-27-18-14-17(25-7)22(31-9)32-18/h10-14H,1-6,9H3. The number of benzene rings is 1. The van der Waals surface area contributed by atoms with Gasteiger partial charge in [0, 0.05) is 0 Å². The number of hydrogen-bond donors (Lipinski definition) is 0. The molecule has 2 heterocycles. The molecular formula is C24H26N6OS. The van der Waals surface area contributed by atoms with Crippen molar-refractivity contribution in [2.24, 2.45) is 10.2 Å². The van der Waals surface area contributed by atoms with Crippen LogP contribution < -0.4 is 4.74 Å². The average molecular weight is 447 g/mol. The summed E-state index contributed by atoms with van der Waals surface area (Å²) in [5, 5.41) is 14.5. The maximum Gasteiger partial charge on any atom is 0.255 e. The minimum Gasteiger partial charge on any atom is -0.497 e. The third-order valence-corrected chi connectivity index (χ3v) is 5.82. The van der Waals surface area contributed by atoms with Gasteiger partial charge in [0.15, 0.2) is 10.9 Å². The smallest absolute Gasteiger partial charge is 0.255 e. The van der Waals surface area contributed by atoms with Gasteiger partial charge in [-0.25, -0.2) is 14.4 Å². The van der Waals surface area contributed by atoms with Crippen molar-refractivity contribution in [3.8, 4) is 10.8 Å². The molecule has 0 spiro atoms. The third-order valence-electron chi connectivity index (χ3n) is 4.85. The van der Waals surface area contributed by atoms with Gasteiger partial charge in [-0.1, -0.05) is 65.0 Å². The van der Waals surface area contributed by atoms with Crippen molar-refractivity contribution in [2.45, 2.75) is 52.4 Å². The third kappa shape index (κ3) is 4.56. The first-order valence-corrected chi connectivity index (χ1v) is 10.9. The molecule has 32 heavy (non-hydrogen) atoms. The molecule has 3 rings (SSSR count). The predicted molar refractivity (Wildman–Crippen MR) is 129 cm³/mol. The predicted octanol–water partition coefficient (Wildman–Crippen LogP) is 8.05. The number of methoxy groups -OCH3 is 1. The molecule has 0 radical (unpaired) electrons. The molecule has 164 valence electrons. The van der Waals surface area contributed by atoms with Crippen LogP contribution >= 0.6 is 11.3 Å². The van der Waals surface area contributed by atoms with Crippen molar-refractivity contribution in [3.05, 3.63) is 64.4 Å². The van der Waals surface area contributed by atoms with E-state index in [0.717, 1.165) is 5.69 Å². The Morgan fingerprint density at radius 1 is 0.969 bits per heavy atom. The van der Waals surface area contributed by atoms with E-state index in [0.29, 0.717) is 33.0 Å². The lowest BCUT2D eigenvalue weighted by molar-refractivity contribution is 0.429. The van der Waals surface area contributed by atoms with Gasteiger partial charge in [-0.05, 0) is 34.6 Å². The Bertz CT molecular complexity index is 1240. The zero-order valence-corrected chi connectivity index (χ0v) is 20.2. The van der Waals surface area contributed by atoms with E-state index in [2.05, 4.69) is 52.8 Å². The van der Waals surface area contributed by atoms with Crippen LogP contribution in [0, 0.1) is 13.1 Å². The molecule has 0 saturated heterocycles. The van der Waals surface area contributed by atoms with Crippen LogP contribution in [-0.4, -0.2) is 16.9 Å². The van der Waals surface area contributed by atoms with Gasteiger partial charge in [-0.3, -0.25) is 0 Å². The Kier molecular flexibility index (Phi) is 6.20. The molecule has 7 nitrogen and oxygen atoms in total. The van der Waals surface area contributed by atoms with Gasteiger partial charge >= 0.3 is 0 Å². The Morgan fingerprint density at radius 2 is 1.62 bits per heavy atom. The highest BCUT2D eigenvalue weighted by Gasteiger charge is 2.28. The first kappa shape index (κ1) is 23.2. The van der Waals surface area contributed by atoms with Gasteiger partial charge in [0.2, 0.25) is 5.69 Å². The van der Waals surface area contributed by atoms with E-state index in [4.69, 9.17) is 23.0 Å². The molecule has 0 aliphatic rings.